The maximum absolute atomic E-state index is 12.2. The first kappa shape index (κ1) is 14.3. The molecule has 5 nitrogen and oxygen atoms in total. The molecule has 106 valence electrons. The van der Waals surface area contributed by atoms with Gasteiger partial charge in [0.05, 0.1) is 11.8 Å². The number of piperidine rings is 1. The Kier molecular flexibility index (Phi) is 4.44. The summed E-state index contributed by atoms with van der Waals surface area (Å²) in [4.78, 5) is 2.23. The van der Waals surface area contributed by atoms with Crippen LogP contribution in [0, 0.1) is 0 Å². The van der Waals surface area contributed by atoms with E-state index in [1.807, 2.05) is 11.0 Å². The molecule has 0 amide bonds. The molecule has 0 unspecified atom stereocenters. The van der Waals surface area contributed by atoms with Crippen LogP contribution < -0.4 is 9.62 Å². The number of aliphatic hydroxyl groups excluding tert-OH is 1. The third-order valence-electron chi connectivity index (χ3n) is 3.23. The topological polar surface area (TPSA) is 69.6 Å². The smallest absolute Gasteiger partial charge is 0.242 e. The molecule has 0 aliphatic carbocycles. The van der Waals surface area contributed by atoms with Gasteiger partial charge in [-0.25, -0.2) is 13.1 Å². The molecule has 6 heteroatoms. The summed E-state index contributed by atoms with van der Waals surface area (Å²) >= 11 is 0. The number of nitrogens with zero attached hydrogens (tertiary/aromatic N) is 1. The van der Waals surface area contributed by atoms with Gasteiger partial charge in [-0.05, 0) is 25.0 Å². The Hall–Kier alpha value is -1.11. The van der Waals surface area contributed by atoms with Gasteiger partial charge in [-0.1, -0.05) is 19.1 Å². The van der Waals surface area contributed by atoms with E-state index in [9.17, 15) is 13.5 Å². The number of nitrogens with one attached hydrogen (secondary N) is 1. The average molecular weight is 284 g/mol. The summed E-state index contributed by atoms with van der Waals surface area (Å²) in [6, 6.07) is 6.94. The van der Waals surface area contributed by atoms with Gasteiger partial charge in [0.1, 0.15) is 4.90 Å². The fourth-order valence-corrected chi connectivity index (χ4v) is 3.65. The Labute approximate surface area is 114 Å². The Morgan fingerprint density at radius 3 is 2.84 bits per heavy atom. The third-order valence-corrected chi connectivity index (χ3v) is 4.82. The second-order valence-corrected chi connectivity index (χ2v) is 6.45. The number of para-hydroxylation sites is 1. The van der Waals surface area contributed by atoms with Crippen LogP contribution >= 0.6 is 0 Å². The van der Waals surface area contributed by atoms with Crippen LogP contribution in [-0.4, -0.2) is 39.3 Å². The molecule has 0 spiro atoms. The minimum Gasteiger partial charge on any atom is -0.391 e. The summed E-state index contributed by atoms with van der Waals surface area (Å²) < 4.78 is 26.9. The van der Waals surface area contributed by atoms with E-state index >= 15 is 0 Å². The fraction of sp³-hybridized carbons (Fsp3) is 0.538. The summed E-state index contributed by atoms with van der Waals surface area (Å²) in [5.74, 6) is 0. The van der Waals surface area contributed by atoms with Crippen molar-refractivity contribution in [3.63, 3.8) is 0 Å². The van der Waals surface area contributed by atoms with Crippen LogP contribution in [0.4, 0.5) is 5.69 Å². The van der Waals surface area contributed by atoms with Gasteiger partial charge in [-0.3, -0.25) is 0 Å². The second-order valence-electron chi connectivity index (χ2n) is 4.71. The normalized spacial score (nSPS) is 20.5. The number of sulfonamides is 1. The minimum absolute atomic E-state index is 0.283. The molecule has 1 aromatic rings. The summed E-state index contributed by atoms with van der Waals surface area (Å²) in [6.45, 7) is 3.37. The van der Waals surface area contributed by atoms with Crippen LogP contribution in [0.25, 0.3) is 0 Å². The van der Waals surface area contributed by atoms with E-state index in [0.717, 1.165) is 19.4 Å². The van der Waals surface area contributed by atoms with Gasteiger partial charge in [0.2, 0.25) is 10.0 Å². The van der Waals surface area contributed by atoms with Gasteiger partial charge < -0.3 is 10.0 Å². The lowest BCUT2D eigenvalue weighted by atomic mass is 10.1. The molecule has 1 aliphatic rings. The monoisotopic (exact) mass is 284 g/mol. The molecule has 0 saturated carbocycles. The Morgan fingerprint density at radius 2 is 2.16 bits per heavy atom. The van der Waals surface area contributed by atoms with Crippen molar-refractivity contribution in [2.24, 2.45) is 0 Å². The molecule has 1 aliphatic heterocycles. The Balaban J connectivity index is 2.36. The first-order valence-electron chi connectivity index (χ1n) is 6.56. The molecule has 2 rings (SSSR count). The quantitative estimate of drug-likeness (QED) is 0.863. The molecule has 2 N–H and O–H groups in total. The standard InChI is InChI=1S/C13H20N2O3S/c1-2-14-19(17,18)13-8-4-3-7-12(13)15-9-5-6-11(16)10-15/h3-4,7-8,11,14,16H,2,5-6,9-10H2,1H3/t11-/m0/s1. The summed E-state index contributed by atoms with van der Waals surface area (Å²) in [6.07, 6.45) is 1.26. The fourth-order valence-electron chi connectivity index (χ4n) is 2.39. The zero-order valence-corrected chi connectivity index (χ0v) is 11.9. The van der Waals surface area contributed by atoms with Crippen LogP contribution in [0.15, 0.2) is 29.2 Å². The molecule has 1 heterocycles. The lowest BCUT2D eigenvalue weighted by molar-refractivity contribution is 0.154. The highest BCUT2D eigenvalue weighted by atomic mass is 32.2. The number of aliphatic hydroxyl groups is 1. The van der Waals surface area contributed by atoms with E-state index in [0.29, 0.717) is 18.8 Å². The highest BCUT2D eigenvalue weighted by molar-refractivity contribution is 7.89. The van der Waals surface area contributed by atoms with Crippen molar-refractivity contribution >= 4 is 15.7 Å². The van der Waals surface area contributed by atoms with Crippen molar-refractivity contribution in [1.29, 1.82) is 0 Å². The minimum atomic E-state index is -3.48. The van der Waals surface area contributed by atoms with Gasteiger partial charge in [-0.2, -0.15) is 0 Å². The Morgan fingerprint density at radius 1 is 1.42 bits per heavy atom. The van der Waals surface area contributed by atoms with E-state index in [-0.39, 0.29) is 11.0 Å². The predicted molar refractivity (Wildman–Crippen MR) is 74.8 cm³/mol. The zero-order valence-electron chi connectivity index (χ0n) is 11.0. The molecule has 1 saturated heterocycles. The number of anilines is 1. The largest absolute Gasteiger partial charge is 0.391 e. The molecule has 1 fully saturated rings. The van der Waals surface area contributed by atoms with Gasteiger partial charge in [0.25, 0.3) is 0 Å². The molecule has 1 aromatic carbocycles. The highest BCUT2D eigenvalue weighted by Crippen LogP contribution is 2.27. The maximum Gasteiger partial charge on any atom is 0.242 e. The van der Waals surface area contributed by atoms with Crippen LogP contribution in [-0.2, 0) is 10.0 Å². The average Bonchev–Trinajstić information content (AvgIpc) is 2.39. The van der Waals surface area contributed by atoms with Gasteiger partial charge in [0, 0.05) is 19.6 Å². The van der Waals surface area contributed by atoms with E-state index in [1.54, 1.807) is 25.1 Å². The van der Waals surface area contributed by atoms with Crippen molar-refractivity contribution < 1.29 is 13.5 Å². The lowest BCUT2D eigenvalue weighted by Gasteiger charge is -2.33. The van der Waals surface area contributed by atoms with Crippen molar-refractivity contribution in [1.82, 2.24) is 4.72 Å². The third kappa shape index (κ3) is 3.26. The molecule has 0 aromatic heterocycles. The molecule has 19 heavy (non-hydrogen) atoms. The second kappa shape index (κ2) is 5.90. The number of β-amino-alcohol motifs (C(OH)–C–C–N with tert-alkyl or cyclic N) is 1. The van der Waals surface area contributed by atoms with Crippen LogP contribution in [0.5, 0.6) is 0 Å². The predicted octanol–water partition coefficient (Wildman–Crippen LogP) is 0.946. The first-order valence-corrected chi connectivity index (χ1v) is 8.04. The van der Waals surface area contributed by atoms with Crippen molar-refractivity contribution in [3.05, 3.63) is 24.3 Å². The van der Waals surface area contributed by atoms with Crippen molar-refractivity contribution in [2.45, 2.75) is 30.8 Å². The summed E-state index contributed by atoms with van der Waals surface area (Å²) in [5, 5.41) is 9.73. The molecule has 0 bridgehead atoms. The van der Waals surface area contributed by atoms with Crippen molar-refractivity contribution in [3.8, 4) is 0 Å². The number of benzene rings is 1. The zero-order chi connectivity index (χ0) is 13.9. The van der Waals surface area contributed by atoms with E-state index < -0.39 is 10.0 Å². The van der Waals surface area contributed by atoms with Gasteiger partial charge >= 0.3 is 0 Å². The first-order chi connectivity index (χ1) is 9.04. The number of rotatable bonds is 4. The SMILES string of the molecule is CCNS(=O)(=O)c1ccccc1N1CCC[C@H](O)C1. The maximum atomic E-state index is 12.2. The van der Waals surface area contributed by atoms with Crippen LogP contribution in [0.2, 0.25) is 0 Å². The molecular formula is C13H20N2O3S. The molecular weight excluding hydrogens is 264 g/mol. The highest BCUT2D eigenvalue weighted by Gasteiger charge is 2.24. The van der Waals surface area contributed by atoms with Gasteiger partial charge in [0.15, 0.2) is 0 Å². The molecule has 1 atom stereocenters. The lowest BCUT2D eigenvalue weighted by Crippen LogP contribution is -2.39. The number of hydrogen-bond acceptors (Lipinski definition) is 4. The van der Waals surface area contributed by atoms with Crippen LogP contribution in [0.3, 0.4) is 0 Å². The van der Waals surface area contributed by atoms with E-state index in [4.69, 9.17) is 0 Å². The van der Waals surface area contributed by atoms with Gasteiger partial charge in [-0.15, -0.1) is 0 Å². The van der Waals surface area contributed by atoms with Crippen molar-refractivity contribution in [2.75, 3.05) is 24.5 Å². The number of hydrogen-bond donors (Lipinski definition) is 2. The van der Waals surface area contributed by atoms with E-state index in [1.165, 1.54) is 0 Å². The van der Waals surface area contributed by atoms with E-state index in [2.05, 4.69) is 4.72 Å². The van der Waals surface area contributed by atoms with Crippen LogP contribution in [0.1, 0.15) is 19.8 Å². The summed E-state index contributed by atoms with van der Waals surface area (Å²) in [7, 11) is -3.48. The summed E-state index contributed by atoms with van der Waals surface area (Å²) in [5.41, 5.74) is 0.669. The Bertz CT molecular complexity index is 530. The molecule has 0 radical (unpaired) electrons.